The number of carbonyl (C=O) groups excluding carboxylic acids is 1. The van der Waals surface area contributed by atoms with E-state index in [9.17, 15) is 4.79 Å². The Balaban J connectivity index is 1.59. The molecule has 3 nitrogen and oxygen atoms in total. The van der Waals surface area contributed by atoms with Gasteiger partial charge in [0, 0.05) is 37.1 Å². The number of hydrogen-bond donors (Lipinski definition) is 2. The predicted octanol–water partition coefficient (Wildman–Crippen LogP) is 0.951. The first-order chi connectivity index (χ1) is 7.84. The van der Waals surface area contributed by atoms with Gasteiger partial charge in [-0.05, 0) is 23.8 Å². The lowest BCUT2D eigenvalue weighted by Gasteiger charge is -2.22. The Hall–Kier alpha value is 0.130. The Labute approximate surface area is 106 Å². The van der Waals surface area contributed by atoms with E-state index in [1.54, 1.807) is 0 Å². The first-order valence-corrected chi connectivity index (χ1v) is 8.31. The molecule has 2 N–H and O–H groups in total. The summed E-state index contributed by atoms with van der Waals surface area (Å²) in [7, 11) is 0. The molecule has 2 heterocycles. The summed E-state index contributed by atoms with van der Waals surface area (Å²) in [6.45, 7) is 1.92. The van der Waals surface area contributed by atoms with Crippen LogP contribution in [0.1, 0.15) is 12.8 Å². The molecule has 2 aliphatic rings. The van der Waals surface area contributed by atoms with Crippen molar-refractivity contribution in [2.24, 2.45) is 5.92 Å². The fourth-order valence-electron chi connectivity index (χ4n) is 2.05. The van der Waals surface area contributed by atoms with Crippen LogP contribution >= 0.6 is 23.5 Å². The highest BCUT2D eigenvalue weighted by molar-refractivity contribution is 7.99. The molecule has 0 aromatic carbocycles. The predicted molar refractivity (Wildman–Crippen MR) is 72.2 cm³/mol. The van der Waals surface area contributed by atoms with Crippen LogP contribution in [-0.4, -0.2) is 48.0 Å². The van der Waals surface area contributed by atoms with Crippen molar-refractivity contribution in [2.45, 2.75) is 18.9 Å². The molecule has 2 unspecified atom stereocenters. The van der Waals surface area contributed by atoms with Crippen molar-refractivity contribution in [1.29, 1.82) is 0 Å². The highest BCUT2D eigenvalue weighted by Gasteiger charge is 2.19. The normalized spacial score (nSPS) is 30.2. The maximum atomic E-state index is 11.7. The summed E-state index contributed by atoms with van der Waals surface area (Å²) < 4.78 is 0. The molecular weight excluding hydrogens is 240 g/mol. The molecule has 0 bridgehead atoms. The third-order valence-corrected chi connectivity index (χ3v) is 5.40. The molecule has 5 heteroatoms. The summed E-state index contributed by atoms with van der Waals surface area (Å²) in [4.78, 5) is 11.7. The van der Waals surface area contributed by atoms with Crippen LogP contribution in [0.2, 0.25) is 0 Å². The van der Waals surface area contributed by atoms with Gasteiger partial charge in [-0.25, -0.2) is 0 Å². The lowest BCUT2D eigenvalue weighted by molar-refractivity contribution is -0.121. The van der Waals surface area contributed by atoms with Gasteiger partial charge in [-0.3, -0.25) is 4.79 Å². The van der Waals surface area contributed by atoms with Gasteiger partial charge >= 0.3 is 0 Å². The minimum Gasteiger partial charge on any atom is -0.356 e. The molecule has 2 saturated heterocycles. The summed E-state index contributed by atoms with van der Waals surface area (Å²) in [5, 5.41) is 6.46. The standard InChI is InChI=1S/C11H20N2OS2/c14-11(5-10-8-16-4-2-12-10)13-6-9-1-3-15-7-9/h9-10,12H,1-8H2,(H,13,14). The molecule has 0 aromatic heterocycles. The second-order valence-electron chi connectivity index (χ2n) is 4.46. The van der Waals surface area contributed by atoms with E-state index in [4.69, 9.17) is 0 Å². The lowest BCUT2D eigenvalue weighted by Crippen LogP contribution is -2.42. The number of nitrogens with one attached hydrogen (secondary N) is 2. The van der Waals surface area contributed by atoms with Gasteiger partial charge in [0.2, 0.25) is 5.91 Å². The first-order valence-electron chi connectivity index (χ1n) is 6.00. The Bertz CT molecular complexity index is 226. The fraction of sp³-hybridized carbons (Fsp3) is 0.909. The SMILES string of the molecule is O=C(CC1CSCCN1)NCC1CCSC1. The van der Waals surface area contributed by atoms with E-state index in [0.717, 1.165) is 18.8 Å². The zero-order valence-electron chi connectivity index (χ0n) is 9.54. The van der Waals surface area contributed by atoms with E-state index in [-0.39, 0.29) is 5.91 Å². The van der Waals surface area contributed by atoms with Crippen LogP contribution in [0.4, 0.5) is 0 Å². The first kappa shape index (κ1) is 12.6. The largest absolute Gasteiger partial charge is 0.356 e. The zero-order chi connectivity index (χ0) is 11.2. The number of hydrogen-bond acceptors (Lipinski definition) is 4. The van der Waals surface area contributed by atoms with Gasteiger partial charge < -0.3 is 10.6 Å². The third kappa shape index (κ3) is 4.18. The molecule has 0 aliphatic carbocycles. The molecule has 2 aliphatic heterocycles. The molecule has 0 saturated carbocycles. The van der Waals surface area contributed by atoms with Crippen molar-refractivity contribution in [2.75, 3.05) is 36.1 Å². The van der Waals surface area contributed by atoms with Crippen LogP contribution in [0.25, 0.3) is 0 Å². The van der Waals surface area contributed by atoms with Gasteiger partial charge in [0.1, 0.15) is 0 Å². The average Bonchev–Trinajstić information content (AvgIpc) is 2.81. The summed E-state index contributed by atoms with van der Waals surface area (Å²) in [6, 6.07) is 0.386. The molecular formula is C11H20N2OS2. The quantitative estimate of drug-likeness (QED) is 0.790. The molecule has 1 amide bonds. The average molecular weight is 260 g/mol. The van der Waals surface area contributed by atoms with Crippen molar-refractivity contribution in [3.05, 3.63) is 0 Å². The van der Waals surface area contributed by atoms with E-state index in [2.05, 4.69) is 10.6 Å². The smallest absolute Gasteiger partial charge is 0.221 e. The minimum atomic E-state index is 0.219. The Kier molecular flexibility index (Phi) is 5.32. The van der Waals surface area contributed by atoms with Gasteiger partial charge in [-0.1, -0.05) is 0 Å². The van der Waals surface area contributed by atoms with Gasteiger partial charge in [0.25, 0.3) is 0 Å². The molecule has 2 atom stereocenters. The number of carbonyl (C=O) groups is 1. The molecule has 0 aromatic rings. The van der Waals surface area contributed by atoms with Gasteiger partial charge in [-0.2, -0.15) is 23.5 Å². The fourth-order valence-corrected chi connectivity index (χ4v) is 4.28. The highest BCUT2D eigenvalue weighted by Crippen LogP contribution is 2.22. The van der Waals surface area contributed by atoms with E-state index >= 15 is 0 Å². The van der Waals surface area contributed by atoms with Crippen molar-refractivity contribution in [3.8, 4) is 0 Å². The topological polar surface area (TPSA) is 41.1 Å². The summed E-state index contributed by atoms with van der Waals surface area (Å²) in [5.74, 6) is 5.67. The molecule has 2 fully saturated rings. The lowest BCUT2D eigenvalue weighted by atomic mass is 10.1. The molecule has 0 radical (unpaired) electrons. The third-order valence-electron chi connectivity index (χ3n) is 3.04. The van der Waals surface area contributed by atoms with E-state index in [1.165, 1.54) is 23.7 Å². The molecule has 16 heavy (non-hydrogen) atoms. The Morgan fingerprint density at radius 3 is 2.88 bits per heavy atom. The van der Waals surface area contributed by atoms with Crippen LogP contribution in [0.15, 0.2) is 0 Å². The maximum Gasteiger partial charge on any atom is 0.221 e. The van der Waals surface area contributed by atoms with Crippen LogP contribution in [0.3, 0.4) is 0 Å². The minimum absolute atomic E-state index is 0.219. The molecule has 92 valence electrons. The van der Waals surface area contributed by atoms with Gasteiger partial charge in [0.05, 0.1) is 0 Å². The second-order valence-corrected chi connectivity index (χ2v) is 6.76. The van der Waals surface area contributed by atoms with Crippen molar-refractivity contribution in [3.63, 3.8) is 0 Å². The number of thioether (sulfide) groups is 2. The van der Waals surface area contributed by atoms with Gasteiger partial charge in [-0.15, -0.1) is 0 Å². The Morgan fingerprint density at radius 2 is 2.19 bits per heavy atom. The van der Waals surface area contributed by atoms with Crippen LogP contribution in [-0.2, 0) is 4.79 Å². The van der Waals surface area contributed by atoms with E-state index in [1.807, 2.05) is 23.5 Å². The second kappa shape index (κ2) is 6.77. The van der Waals surface area contributed by atoms with Crippen molar-refractivity contribution in [1.82, 2.24) is 10.6 Å². The van der Waals surface area contributed by atoms with Gasteiger partial charge in [0.15, 0.2) is 0 Å². The molecule has 0 spiro atoms. The monoisotopic (exact) mass is 260 g/mol. The zero-order valence-corrected chi connectivity index (χ0v) is 11.2. The molecule has 2 rings (SSSR count). The van der Waals surface area contributed by atoms with Crippen molar-refractivity contribution >= 4 is 29.4 Å². The number of amides is 1. The summed E-state index contributed by atoms with van der Waals surface area (Å²) >= 11 is 3.95. The van der Waals surface area contributed by atoms with Crippen molar-refractivity contribution < 1.29 is 4.79 Å². The summed E-state index contributed by atoms with van der Waals surface area (Å²) in [6.07, 6.45) is 1.91. The van der Waals surface area contributed by atoms with E-state index in [0.29, 0.717) is 18.4 Å². The maximum absolute atomic E-state index is 11.7. The number of rotatable bonds is 4. The Morgan fingerprint density at radius 1 is 1.31 bits per heavy atom. The summed E-state index contributed by atoms with van der Waals surface area (Å²) in [5.41, 5.74) is 0. The van der Waals surface area contributed by atoms with Crippen LogP contribution in [0.5, 0.6) is 0 Å². The van der Waals surface area contributed by atoms with E-state index < -0.39 is 0 Å². The highest BCUT2D eigenvalue weighted by atomic mass is 32.2. The van der Waals surface area contributed by atoms with Crippen LogP contribution in [0, 0.1) is 5.92 Å². The van der Waals surface area contributed by atoms with Crippen LogP contribution < -0.4 is 10.6 Å².